The summed E-state index contributed by atoms with van der Waals surface area (Å²) in [6, 6.07) is 29.0. The average molecular weight is 1330 g/mol. The molecule has 0 saturated carbocycles. The van der Waals surface area contributed by atoms with Gasteiger partial charge in [0.25, 0.3) is 0 Å². The molecule has 1 unspecified atom stereocenters. The molecule has 546 valence electrons. The van der Waals surface area contributed by atoms with E-state index in [1.807, 2.05) is 19.2 Å². The first-order chi connectivity index (χ1) is 46.6. The van der Waals surface area contributed by atoms with E-state index in [1.165, 1.54) is 248 Å². The van der Waals surface area contributed by atoms with Gasteiger partial charge in [0.2, 0.25) is 0 Å². The van der Waals surface area contributed by atoms with Crippen molar-refractivity contribution in [1.82, 2.24) is 47.5 Å². The van der Waals surface area contributed by atoms with Gasteiger partial charge in [0.1, 0.15) is 0 Å². The smallest absolute Gasteiger partial charge is 0.0623 e. The fraction of sp³-hybridized carbons (Fsp3) is 0.790. The van der Waals surface area contributed by atoms with Crippen molar-refractivity contribution in [3.63, 3.8) is 0 Å². The number of aromatic nitrogens is 1. The number of nitrogens with one attached hydrogen (secondary N) is 8. The summed E-state index contributed by atoms with van der Waals surface area (Å²) in [4.78, 5) is 4.31. The predicted octanol–water partition coefficient (Wildman–Crippen LogP) is 14.4. The van der Waals surface area contributed by atoms with Crippen LogP contribution in [0.4, 0.5) is 0 Å². The average Bonchev–Trinajstić information content (AvgIpc) is 2.06. The van der Waals surface area contributed by atoms with Crippen LogP contribution < -0.4 is 42.5 Å². The Bertz CT molecular complexity index is 2040. The Kier molecular flexibility index (Phi) is 51.4. The highest BCUT2D eigenvalue weighted by atomic mass is 16.5. The first-order valence-electron chi connectivity index (χ1n) is 39.3. The number of hydrogen-bond donors (Lipinski definition) is 8. The summed E-state index contributed by atoms with van der Waals surface area (Å²) in [6.45, 7) is 34.2. The van der Waals surface area contributed by atoms with E-state index in [0.717, 1.165) is 83.8 Å². The third kappa shape index (κ3) is 44.0. The van der Waals surface area contributed by atoms with E-state index in [9.17, 15) is 0 Å². The summed E-state index contributed by atoms with van der Waals surface area (Å²) >= 11 is 0. The number of ether oxygens (including phenoxy) is 5. The van der Waals surface area contributed by atoms with Gasteiger partial charge >= 0.3 is 0 Å². The largest absolute Gasteiger partial charge is 0.383 e. The molecule has 8 aliphatic rings. The van der Waals surface area contributed by atoms with Gasteiger partial charge in [0.15, 0.2) is 0 Å². The van der Waals surface area contributed by atoms with Gasteiger partial charge in [-0.15, -0.1) is 0 Å². The van der Waals surface area contributed by atoms with Crippen molar-refractivity contribution < 1.29 is 23.7 Å². The monoisotopic (exact) mass is 1330 g/mol. The lowest BCUT2D eigenvalue weighted by Crippen LogP contribution is -2.28. The fourth-order valence-corrected chi connectivity index (χ4v) is 13.4. The molecule has 8 N–H and O–H groups in total. The molecule has 8 saturated heterocycles. The third-order valence-corrected chi connectivity index (χ3v) is 19.6. The van der Waals surface area contributed by atoms with Crippen LogP contribution in [0.5, 0.6) is 0 Å². The fourth-order valence-electron chi connectivity index (χ4n) is 13.4. The second-order valence-electron chi connectivity index (χ2n) is 28.6. The molecular weight excluding hydrogens is 1180 g/mol. The quantitative estimate of drug-likeness (QED) is 0.0288. The Balaban J connectivity index is 0.000000233. The number of nitrogens with zero attached hydrogens (tertiary/aromatic N) is 1. The van der Waals surface area contributed by atoms with E-state index >= 15 is 0 Å². The zero-order valence-corrected chi connectivity index (χ0v) is 62.5. The van der Waals surface area contributed by atoms with Crippen molar-refractivity contribution in [2.75, 3.05) is 112 Å². The molecule has 2 aromatic carbocycles. The van der Waals surface area contributed by atoms with Gasteiger partial charge in [-0.1, -0.05) is 114 Å². The second kappa shape index (κ2) is 57.8. The topological polar surface area (TPSA) is 155 Å². The van der Waals surface area contributed by atoms with Crippen molar-refractivity contribution in [3.8, 4) is 0 Å². The Labute approximate surface area is 583 Å². The lowest BCUT2D eigenvalue weighted by molar-refractivity contribution is 0.0509. The van der Waals surface area contributed by atoms with Crippen LogP contribution >= 0.6 is 0 Å². The number of rotatable bonds is 31. The van der Waals surface area contributed by atoms with E-state index in [2.05, 4.69) is 157 Å². The number of methoxy groups -OCH3 is 1. The van der Waals surface area contributed by atoms with Crippen LogP contribution in [0, 0.1) is 19.8 Å². The summed E-state index contributed by atoms with van der Waals surface area (Å²) in [7, 11) is 1.75. The first kappa shape index (κ1) is 84.5. The highest BCUT2D eigenvalue weighted by molar-refractivity contribution is 5.33. The van der Waals surface area contributed by atoms with Gasteiger partial charge in [0.05, 0.1) is 39.1 Å². The molecule has 8 aliphatic heterocycles. The highest BCUT2D eigenvalue weighted by Gasteiger charge is 2.19. The minimum absolute atomic E-state index is 0.428. The first-order valence-corrected chi connectivity index (χ1v) is 39.3. The molecule has 0 spiro atoms. The molecule has 3 aromatic rings. The molecule has 0 bridgehead atoms. The highest BCUT2D eigenvalue weighted by Crippen LogP contribution is 2.20. The maximum absolute atomic E-state index is 5.66. The summed E-state index contributed by atoms with van der Waals surface area (Å²) in [5, 5.41) is 27.6. The second-order valence-corrected chi connectivity index (χ2v) is 28.6. The lowest BCUT2D eigenvalue weighted by atomic mass is 9.96. The molecule has 11 rings (SSSR count). The summed E-state index contributed by atoms with van der Waals surface area (Å²) in [6.07, 6.45) is 40.1. The molecule has 95 heavy (non-hydrogen) atoms. The number of pyridine rings is 1. The summed E-state index contributed by atoms with van der Waals surface area (Å²) in [5.41, 5.74) is 7.15. The Hall–Kier alpha value is -2.93. The number of aryl methyl sites for hydroxylation is 4. The maximum Gasteiger partial charge on any atom is 0.0623 e. The van der Waals surface area contributed by atoms with Gasteiger partial charge in [0, 0.05) is 87.2 Å². The van der Waals surface area contributed by atoms with Crippen LogP contribution in [-0.2, 0) is 42.9 Å². The van der Waals surface area contributed by atoms with E-state index in [-0.39, 0.29) is 0 Å². The normalized spacial score (nSPS) is 23.6. The van der Waals surface area contributed by atoms with Crippen LogP contribution in [0.25, 0.3) is 0 Å². The van der Waals surface area contributed by atoms with Gasteiger partial charge in [-0.25, -0.2) is 0 Å². The maximum atomic E-state index is 5.66. The molecule has 0 aliphatic carbocycles. The van der Waals surface area contributed by atoms with E-state index < -0.39 is 0 Å². The van der Waals surface area contributed by atoms with Crippen LogP contribution in [0.3, 0.4) is 0 Å². The van der Waals surface area contributed by atoms with Gasteiger partial charge in [-0.05, 0) is 274 Å². The Morgan fingerprint density at radius 3 is 1.31 bits per heavy atom. The Morgan fingerprint density at radius 2 is 0.863 bits per heavy atom. The summed E-state index contributed by atoms with van der Waals surface area (Å²) in [5.74, 6) is 0.663. The molecule has 1 aromatic heterocycles. The zero-order chi connectivity index (χ0) is 67.9. The standard InChI is InChI=1S/C14H21N.C13H27NO.C12H17N.C11H16N2.2C9H19NO.C7H15NO.C6H13NO/c1-11-5-3-6-12(2)14(11)9-8-13-7-4-10-15-13;1-2-3-4-5-6-7-11-15-12-13-9-8-10-14-13;1-2-5-11(6-3-1)8-9-12-7-4-10-13-12;1-2-8-12-10(4-1)6-7-11-5-3-9-13-11;1-8(2)6-11-7-9-4-3-5-10-9;1-3-8(2)11-7-9-5-4-6-10-9;1-2-9-6-7-4-3-5-8-7;1-8-5-6-3-2-4-7-6/h3,5-6,13,15H,4,7-10H2,1-2H3;13-14H,2-12H2,1H3;1-3,5-6,12-13H,4,7-10H2;1-2,4,8,11,13H,3,5-7,9H2;2*8-10H,3-7H2,1-2H3;7-8H,2-6H2,1H3;6-7H,2-5H2,1H3/t2*13-;12-;11-;9-;8?,9-;7-;6-/m00000000/s1. The van der Waals surface area contributed by atoms with E-state index in [0.29, 0.717) is 42.2 Å². The number of hydrogen-bond acceptors (Lipinski definition) is 14. The van der Waals surface area contributed by atoms with Crippen molar-refractivity contribution in [2.24, 2.45) is 5.92 Å². The van der Waals surface area contributed by atoms with Gasteiger partial charge in [-0.3, -0.25) is 4.98 Å². The molecule has 9 atom stereocenters. The predicted molar refractivity (Wildman–Crippen MR) is 404 cm³/mol. The van der Waals surface area contributed by atoms with Crippen molar-refractivity contribution in [2.45, 2.75) is 296 Å². The number of benzene rings is 2. The van der Waals surface area contributed by atoms with Gasteiger partial charge < -0.3 is 66.2 Å². The van der Waals surface area contributed by atoms with Crippen molar-refractivity contribution in [1.29, 1.82) is 0 Å². The van der Waals surface area contributed by atoms with Crippen molar-refractivity contribution in [3.05, 3.63) is 101 Å². The molecule has 0 amide bonds. The minimum atomic E-state index is 0.428. The van der Waals surface area contributed by atoms with E-state index in [1.54, 1.807) is 12.7 Å². The minimum Gasteiger partial charge on any atom is -0.383 e. The molecule has 14 heteroatoms. The summed E-state index contributed by atoms with van der Waals surface area (Å²) < 4.78 is 27.0. The van der Waals surface area contributed by atoms with Crippen molar-refractivity contribution >= 4 is 0 Å². The molecule has 14 nitrogen and oxygen atoms in total. The SMILES string of the molecule is CC(C)COC[C@@H]1CCCN1.CCC(C)OC[C@@H]1CCCN1.CCCCCCCCOC[C@@H]1CCCN1.CCOC[C@@H]1CCCN1.COC[C@@H]1CCCN1.Cc1cccc(C)c1CC[C@@H]1CCCN1.c1ccc(CC[C@@H]2CCCN2)cc1.c1ccc(CC[C@@H]2CCCN2)nc1. The third-order valence-electron chi connectivity index (χ3n) is 19.6. The Morgan fingerprint density at radius 1 is 0.432 bits per heavy atom. The molecule has 9 heterocycles. The van der Waals surface area contributed by atoms with Crippen LogP contribution in [-0.4, -0.2) is 172 Å². The zero-order valence-electron chi connectivity index (χ0n) is 62.5. The van der Waals surface area contributed by atoms with E-state index in [4.69, 9.17) is 23.7 Å². The molecule has 8 fully saturated rings. The van der Waals surface area contributed by atoms with Crippen LogP contribution in [0.15, 0.2) is 72.9 Å². The molecular formula is C81H147N9O5. The van der Waals surface area contributed by atoms with Crippen LogP contribution in [0.1, 0.15) is 236 Å². The number of unbranched alkanes of at least 4 members (excludes halogenated alkanes) is 5. The van der Waals surface area contributed by atoms with Crippen LogP contribution in [0.2, 0.25) is 0 Å². The molecule has 0 radical (unpaired) electrons. The van der Waals surface area contributed by atoms with Gasteiger partial charge in [-0.2, -0.15) is 0 Å². The lowest BCUT2D eigenvalue weighted by Gasteiger charge is -2.14.